The van der Waals surface area contributed by atoms with Crippen LogP contribution in [0.4, 0.5) is 10.1 Å². The lowest BCUT2D eigenvalue weighted by atomic mass is 9.82. The second-order valence-corrected chi connectivity index (χ2v) is 8.96. The van der Waals surface area contributed by atoms with Crippen LogP contribution >= 0.6 is 0 Å². The van der Waals surface area contributed by atoms with Crippen molar-refractivity contribution in [1.82, 2.24) is 4.57 Å². The Morgan fingerprint density at radius 1 is 0.879 bits per heavy atom. The average molecular weight is 427 g/mol. The molecule has 1 aromatic heterocycles. The fourth-order valence-corrected chi connectivity index (χ4v) is 5.35. The van der Waals surface area contributed by atoms with Crippen molar-refractivity contribution in [2.75, 3.05) is 0 Å². The molecular formula is C29H18FN3. The van der Waals surface area contributed by atoms with E-state index >= 15 is 0 Å². The molecule has 1 aliphatic carbocycles. The van der Waals surface area contributed by atoms with Crippen LogP contribution in [0.2, 0.25) is 0 Å². The molecule has 0 radical (unpaired) electrons. The lowest BCUT2D eigenvalue weighted by Gasteiger charge is -2.21. The van der Waals surface area contributed by atoms with Crippen molar-refractivity contribution in [3.63, 3.8) is 0 Å². The number of aromatic nitrogens is 1. The van der Waals surface area contributed by atoms with Crippen LogP contribution in [0.25, 0.3) is 43.5 Å². The summed E-state index contributed by atoms with van der Waals surface area (Å²) in [4.78, 5) is 3.48. The quantitative estimate of drug-likeness (QED) is 0.253. The first kappa shape index (κ1) is 19.3. The molecule has 0 fully saturated rings. The van der Waals surface area contributed by atoms with Crippen molar-refractivity contribution in [3.05, 3.63) is 107 Å². The highest BCUT2D eigenvalue weighted by molar-refractivity contribution is 6.12. The molecule has 0 aliphatic heterocycles. The van der Waals surface area contributed by atoms with Gasteiger partial charge in [0.2, 0.25) is 5.69 Å². The number of para-hydroxylation sites is 1. The van der Waals surface area contributed by atoms with E-state index in [0.29, 0.717) is 5.69 Å². The van der Waals surface area contributed by atoms with Crippen molar-refractivity contribution < 1.29 is 4.39 Å². The number of fused-ring (bicyclic) bond motifs is 6. The predicted molar refractivity (Wildman–Crippen MR) is 129 cm³/mol. The number of nitrogens with zero attached hydrogens (tertiary/aromatic N) is 3. The molecular weight excluding hydrogens is 409 g/mol. The van der Waals surface area contributed by atoms with Crippen LogP contribution in [0.3, 0.4) is 0 Å². The number of nitriles is 1. The summed E-state index contributed by atoms with van der Waals surface area (Å²) in [6, 6.07) is 25.9. The Bertz CT molecular complexity index is 1720. The molecule has 4 heteroatoms. The highest BCUT2D eigenvalue weighted by atomic mass is 19.1. The van der Waals surface area contributed by atoms with E-state index in [1.165, 1.54) is 28.3 Å². The van der Waals surface area contributed by atoms with Crippen LogP contribution in [-0.4, -0.2) is 4.57 Å². The summed E-state index contributed by atoms with van der Waals surface area (Å²) in [5.41, 5.74) is 6.77. The number of halogens is 1. The standard InChI is InChI=1S/C29H18FN3/c1-29(2)22-10-6-4-8-18(22)20-14-21-19-9-5-7-11-24(19)33(26(21)15-23(20)29)25-13-12-17(16-31)27(30)28(25)32-3/h4-15H,1-2H3. The zero-order valence-corrected chi connectivity index (χ0v) is 18.1. The fourth-order valence-electron chi connectivity index (χ4n) is 5.35. The van der Waals surface area contributed by atoms with Gasteiger partial charge >= 0.3 is 0 Å². The van der Waals surface area contributed by atoms with Crippen LogP contribution in [0.15, 0.2) is 72.8 Å². The Morgan fingerprint density at radius 3 is 2.42 bits per heavy atom. The second-order valence-electron chi connectivity index (χ2n) is 8.96. The minimum absolute atomic E-state index is 0.122. The Labute approximate surface area is 190 Å². The van der Waals surface area contributed by atoms with Crippen molar-refractivity contribution in [3.8, 4) is 22.9 Å². The molecule has 0 spiro atoms. The van der Waals surface area contributed by atoms with E-state index < -0.39 is 5.82 Å². The zero-order chi connectivity index (χ0) is 22.9. The van der Waals surface area contributed by atoms with E-state index in [1.54, 1.807) is 6.07 Å². The summed E-state index contributed by atoms with van der Waals surface area (Å²) >= 11 is 0. The van der Waals surface area contributed by atoms with E-state index in [0.717, 1.165) is 21.8 Å². The molecule has 33 heavy (non-hydrogen) atoms. The molecule has 1 heterocycles. The van der Waals surface area contributed by atoms with Crippen molar-refractivity contribution in [2.24, 2.45) is 0 Å². The van der Waals surface area contributed by atoms with Gasteiger partial charge in [0, 0.05) is 16.2 Å². The first-order valence-electron chi connectivity index (χ1n) is 10.8. The Kier molecular flexibility index (Phi) is 3.83. The molecule has 0 atom stereocenters. The molecule has 6 rings (SSSR count). The molecule has 0 amide bonds. The third-order valence-corrected chi connectivity index (χ3v) is 6.94. The highest BCUT2D eigenvalue weighted by Gasteiger charge is 2.36. The maximum absolute atomic E-state index is 15.0. The summed E-state index contributed by atoms with van der Waals surface area (Å²) in [5.74, 6) is -0.773. The van der Waals surface area contributed by atoms with Gasteiger partial charge in [0.25, 0.3) is 0 Å². The summed E-state index contributed by atoms with van der Waals surface area (Å²) < 4.78 is 17.0. The average Bonchev–Trinajstić information content (AvgIpc) is 3.27. The Morgan fingerprint density at radius 2 is 1.64 bits per heavy atom. The highest BCUT2D eigenvalue weighted by Crippen LogP contribution is 2.51. The van der Waals surface area contributed by atoms with Gasteiger partial charge in [0.05, 0.1) is 28.9 Å². The van der Waals surface area contributed by atoms with Gasteiger partial charge in [-0.1, -0.05) is 56.3 Å². The maximum Gasteiger partial charge on any atom is 0.246 e. The zero-order valence-electron chi connectivity index (χ0n) is 18.1. The van der Waals surface area contributed by atoms with Crippen LogP contribution in [-0.2, 0) is 5.41 Å². The van der Waals surface area contributed by atoms with Crippen LogP contribution in [0, 0.1) is 23.7 Å². The summed E-state index contributed by atoms with van der Waals surface area (Å²) in [5, 5.41) is 11.3. The molecule has 3 nitrogen and oxygen atoms in total. The molecule has 5 aromatic rings. The number of rotatable bonds is 1. The van der Waals surface area contributed by atoms with E-state index in [2.05, 4.69) is 61.2 Å². The lowest BCUT2D eigenvalue weighted by Crippen LogP contribution is -2.15. The Balaban J connectivity index is 1.78. The number of hydrogen-bond donors (Lipinski definition) is 0. The van der Waals surface area contributed by atoms with Gasteiger partial charge in [-0.25, -0.2) is 9.24 Å². The summed E-state index contributed by atoms with van der Waals surface area (Å²) in [6.07, 6.45) is 0. The van der Waals surface area contributed by atoms with Crippen molar-refractivity contribution in [1.29, 1.82) is 5.26 Å². The predicted octanol–water partition coefficient (Wildman–Crippen LogP) is 7.65. The molecule has 0 saturated carbocycles. The van der Waals surface area contributed by atoms with Gasteiger partial charge in [-0.2, -0.15) is 5.26 Å². The maximum atomic E-state index is 15.0. The van der Waals surface area contributed by atoms with Gasteiger partial charge in [0.1, 0.15) is 11.9 Å². The smallest absolute Gasteiger partial charge is 0.246 e. The van der Waals surface area contributed by atoms with Crippen LogP contribution in [0.1, 0.15) is 30.5 Å². The van der Waals surface area contributed by atoms with Gasteiger partial charge < -0.3 is 4.57 Å². The van der Waals surface area contributed by atoms with Gasteiger partial charge in [-0.15, -0.1) is 0 Å². The van der Waals surface area contributed by atoms with Crippen molar-refractivity contribution >= 4 is 27.5 Å². The van der Waals surface area contributed by atoms with E-state index in [4.69, 9.17) is 6.57 Å². The van der Waals surface area contributed by atoms with Gasteiger partial charge in [0.15, 0.2) is 0 Å². The molecule has 0 saturated heterocycles. The minimum atomic E-state index is -0.773. The van der Waals surface area contributed by atoms with E-state index in [9.17, 15) is 9.65 Å². The minimum Gasteiger partial charge on any atom is -0.319 e. The first-order chi connectivity index (χ1) is 16.0. The summed E-state index contributed by atoms with van der Waals surface area (Å²) in [6.45, 7) is 12.1. The first-order valence-corrected chi connectivity index (χ1v) is 10.8. The van der Waals surface area contributed by atoms with E-state index in [1.807, 2.05) is 28.8 Å². The normalized spacial score (nSPS) is 13.5. The number of hydrogen-bond acceptors (Lipinski definition) is 1. The van der Waals surface area contributed by atoms with Gasteiger partial charge in [-0.3, -0.25) is 0 Å². The third kappa shape index (κ3) is 2.41. The molecule has 0 bridgehead atoms. The third-order valence-electron chi connectivity index (χ3n) is 6.94. The monoisotopic (exact) mass is 427 g/mol. The van der Waals surface area contributed by atoms with E-state index in [-0.39, 0.29) is 16.7 Å². The van der Waals surface area contributed by atoms with Gasteiger partial charge in [-0.05, 0) is 52.6 Å². The molecule has 1 aliphatic rings. The Hall–Kier alpha value is -4.41. The fraction of sp³-hybridized carbons (Fsp3) is 0.103. The van der Waals surface area contributed by atoms with Crippen molar-refractivity contribution in [2.45, 2.75) is 19.3 Å². The van der Waals surface area contributed by atoms with Crippen LogP contribution < -0.4 is 0 Å². The molecule has 4 aromatic carbocycles. The topological polar surface area (TPSA) is 33.1 Å². The molecule has 0 unspecified atom stereocenters. The molecule has 0 N–H and O–H groups in total. The molecule has 156 valence electrons. The van der Waals surface area contributed by atoms with Crippen LogP contribution in [0.5, 0.6) is 0 Å². The second kappa shape index (κ2) is 6.55. The number of benzene rings is 4. The largest absolute Gasteiger partial charge is 0.319 e. The summed E-state index contributed by atoms with van der Waals surface area (Å²) in [7, 11) is 0. The lowest BCUT2D eigenvalue weighted by molar-refractivity contribution is 0.629. The SMILES string of the molecule is [C-]#[N+]c1c(-n2c3ccccc3c3cc4c(cc32)C(C)(C)c2ccccc2-4)ccc(C#N)c1F.